The molecule has 11 rings (SSSR count). The third-order valence-electron chi connectivity index (χ3n) is 12.3. The minimum atomic E-state index is 1.08. The van der Waals surface area contributed by atoms with Crippen LogP contribution in [0.25, 0.3) is 88.3 Å². The normalized spacial score (nSPS) is 11.2. The van der Waals surface area contributed by atoms with E-state index in [2.05, 4.69) is 266 Å². The molecule has 0 saturated carbocycles. The molecule has 0 saturated heterocycles. The van der Waals surface area contributed by atoms with Crippen LogP contribution in [0.2, 0.25) is 0 Å². The fourth-order valence-electron chi connectivity index (χ4n) is 9.10. The summed E-state index contributed by atoms with van der Waals surface area (Å²) in [5.74, 6) is 0. The van der Waals surface area contributed by atoms with Gasteiger partial charge in [-0.25, -0.2) is 0 Å². The first-order valence-electron chi connectivity index (χ1n) is 21.7. The smallest absolute Gasteiger partial charge is 0.0546 e. The average molecular weight is 802 g/mol. The molecule has 0 fully saturated rings. The Morgan fingerprint density at radius 1 is 0.206 bits per heavy atom. The van der Waals surface area contributed by atoms with Crippen LogP contribution in [0.3, 0.4) is 0 Å². The highest BCUT2D eigenvalue weighted by molar-refractivity contribution is 6.04. The highest BCUT2D eigenvalue weighted by Crippen LogP contribution is 2.46. The Kier molecular flexibility index (Phi) is 9.97. The van der Waals surface area contributed by atoms with Gasteiger partial charge in [0.25, 0.3) is 0 Å². The monoisotopic (exact) mass is 801 g/mol. The summed E-state index contributed by atoms with van der Waals surface area (Å²) in [5, 5.41) is 4.90. The number of anilines is 3. The molecule has 1 nitrogen and oxygen atoms in total. The predicted molar refractivity (Wildman–Crippen MR) is 269 cm³/mol. The molecular formula is C62H43N. The first-order chi connectivity index (χ1) is 31.2. The van der Waals surface area contributed by atoms with Gasteiger partial charge in [-0.2, -0.15) is 0 Å². The lowest BCUT2D eigenvalue weighted by Gasteiger charge is -2.29. The molecule has 63 heavy (non-hydrogen) atoms. The van der Waals surface area contributed by atoms with Crippen LogP contribution >= 0.6 is 0 Å². The van der Waals surface area contributed by atoms with Gasteiger partial charge in [0.1, 0.15) is 0 Å². The lowest BCUT2D eigenvalue weighted by atomic mass is 9.92. The summed E-state index contributed by atoms with van der Waals surface area (Å²) in [7, 11) is 0. The quantitative estimate of drug-likeness (QED) is 0.141. The maximum Gasteiger partial charge on any atom is 0.0546 e. The van der Waals surface area contributed by atoms with Gasteiger partial charge in [-0.3, -0.25) is 0 Å². The van der Waals surface area contributed by atoms with Crippen molar-refractivity contribution in [3.05, 3.63) is 261 Å². The third kappa shape index (κ3) is 7.47. The maximum absolute atomic E-state index is 2.44. The van der Waals surface area contributed by atoms with E-state index in [-0.39, 0.29) is 0 Å². The molecule has 0 spiro atoms. The molecule has 0 bridgehead atoms. The number of fused-ring (bicyclic) bond motifs is 2. The summed E-state index contributed by atoms with van der Waals surface area (Å²) >= 11 is 0. The molecule has 0 radical (unpaired) electrons. The minimum Gasteiger partial charge on any atom is -0.310 e. The molecule has 0 amide bonds. The van der Waals surface area contributed by atoms with E-state index >= 15 is 0 Å². The molecular weight excluding hydrogens is 759 g/mol. The molecule has 0 unspecified atom stereocenters. The number of hydrogen-bond acceptors (Lipinski definition) is 1. The summed E-state index contributed by atoms with van der Waals surface area (Å²) in [6.45, 7) is 0. The zero-order chi connectivity index (χ0) is 42.0. The van der Waals surface area contributed by atoms with E-state index in [0.717, 1.165) is 22.6 Å². The second-order valence-corrected chi connectivity index (χ2v) is 16.1. The third-order valence-corrected chi connectivity index (χ3v) is 12.3. The summed E-state index contributed by atoms with van der Waals surface area (Å²) in [4.78, 5) is 2.44. The Labute approximate surface area is 369 Å². The highest BCUT2D eigenvalue weighted by atomic mass is 15.1. The Bertz CT molecular complexity index is 3230. The number of rotatable bonds is 9. The minimum absolute atomic E-state index is 1.08. The fourth-order valence-corrected chi connectivity index (χ4v) is 9.10. The topological polar surface area (TPSA) is 3.24 Å². The number of hydrogen-bond donors (Lipinski definition) is 0. The van der Waals surface area contributed by atoms with Gasteiger partial charge in [0.05, 0.1) is 5.69 Å². The zero-order valence-corrected chi connectivity index (χ0v) is 34.8. The second-order valence-electron chi connectivity index (χ2n) is 16.1. The largest absolute Gasteiger partial charge is 0.310 e. The van der Waals surface area contributed by atoms with Crippen LogP contribution in [0.5, 0.6) is 0 Å². The standard InChI is InChI=1S/C62H43N/c1-3-15-44(16-4-1)50-23-11-25-52(41-50)46-31-36-55(37-32-46)63(56-38-33-47(34-39-56)53-26-12-24-51(42-53)45-17-5-2-6-18-45)62-43-54(59-29-13-21-48-19-7-9-27-57(48)59)35-40-61(62)60-30-14-22-49-20-8-10-28-58(49)60/h1-43H. The second kappa shape index (κ2) is 16.7. The Hall–Kier alpha value is -8.26. The molecule has 0 aliphatic rings. The molecule has 0 heterocycles. The number of benzene rings is 11. The van der Waals surface area contributed by atoms with E-state index in [1.54, 1.807) is 0 Å². The van der Waals surface area contributed by atoms with Crippen LogP contribution in [0.15, 0.2) is 261 Å². The molecule has 296 valence electrons. The van der Waals surface area contributed by atoms with Crippen molar-refractivity contribution >= 4 is 38.6 Å². The van der Waals surface area contributed by atoms with Crippen molar-refractivity contribution in [3.63, 3.8) is 0 Å². The van der Waals surface area contributed by atoms with Gasteiger partial charge < -0.3 is 4.90 Å². The van der Waals surface area contributed by atoms with Crippen LogP contribution in [0, 0.1) is 0 Å². The first-order valence-corrected chi connectivity index (χ1v) is 21.7. The molecule has 0 aliphatic heterocycles. The Morgan fingerprint density at radius 3 is 1.08 bits per heavy atom. The van der Waals surface area contributed by atoms with Crippen LogP contribution in [-0.4, -0.2) is 0 Å². The van der Waals surface area contributed by atoms with Crippen molar-refractivity contribution in [1.29, 1.82) is 0 Å². The van der Waals surface area contributed by atoms with Gasteiger partial charge in [0, 0.05) is 16.9 Å². The SMILES string of the molecule is c1ccc(-c2cccc(-c3ccc(N(c4ccc(-c5cccc(-c6ccccc6)c5)cc4)c4cc(-c5cccc6ccccc56)ccc4-c4cccc5ccccc45)cc3)c2)cc1. The van der Waals surface area contributed by atoms with E-state index in [1.165, 1.54) is 82.7 Å². The molecule has 0 aromatic heterocycles. The van der Waals surface area contributed by atoms with Crippen LogP contribution in [-0.2, 0) is 0 Å². The van der Waals surface area contributed by atoms with Crippen molar-refractivity contribution < 1.29 is 0 Å². The van der Waals surface area contributed by atoms with E-state index in [9.17, 15) is 0 Å². The van der Waals surface area contributed by atoms with E-state index < -0.39 is 0 Å². The first kappa shape index (κ1) is 37.7. The molecule has 11 aromatic rings. The molecule has 0 aliphatic carbocycles. The van der Waals surface area contributed by atoms with E-state index in [0.29, 0.717) is 0 Å². The molecule has 1 heteroatoms. The predicted octanol–water partition coefficient (Wildman–Crippen LogP) is 17.5. The highest BCUT2D eigenvalue weighted by Gasteiger charge is 2.21. The van der Waals surface area contributed by atoms with Gasteiger partial charge in [0.15, 0.2) is 0 Å². The van der Waals surface area contributed by atoms with E-state index in [1.807, 2.05) is 0 Å². The van der Waals surface area contributed by atoms with Gasteiger partial charge in [-0.15, -0.1) is 0 Å². The van der Waals surface area contributed by atoms with Gasteiger partial charge in [-0.05, 0) is 125 Å². The van der Waals surface area contributed by atoms with Crippen LogP contribution < -0.4 is 4.90 Å². The Morgan fingerprint density at radius 2 is 0.571 bits per heavy atom. The van der Waals surface area contributed by atoms with Crippen molar-refractivity contribution in [3.8, 4) is 66.8 Å². The molecule has 0 atom stereocenters. The Balaban J connectivity index is 1.09. The molecule has 11 aromatic carbocycles. The van der Waals surface area contributed by atoms with Gasteiger partial charge >= 0.3 is 0 Å². The van der Waals surface area contributed by atoms with Crippen molar-refractivity contribution in [2.75, 3.05) is 4.90 Å². The van der Waals surface area contributed by atoms with Crippen molar-refractivity contribution in [2.45, 2.75) is 0 Å². The number of nitrogens with zero attached hydrogens (tertiary/aromatic N) is 1. The lowest BCUT2D eigenvalue weighted by molar-refractivity contribution is 1.28. The van der Waals surface area contributed by atoms with Crippen molar-refractivity contribution in [1.82, 2.24) is 0 Å². The summed E-state index contributed by atoms with van der Waals surface area (Å²) < 4.78 is 0. The van der Waals surface area contributed by atoms with E-state index in [4.69, 9.17) is 0 Å². The van der Waals surface area contributed by atoms with Crippen LogP contribution in [0.1, 0.15) is 0 Å². The summed E-state index contributed by atoms with van der Waals surface area (Å²) in [6, 6.07) is 94.8. The van der Waals surface area contributed by atoms with Gasteiger partial charge in [-0.1, -0.05) is 218 Å². The van der Waals surface area contributed by atoms with Gasteiger partial charge in [0.2, 0.25) is 0 Å². The summed E-state index contributed by atoms with van der Waals surface area (Å²) in [5.41, 5.74) is 17.5. The zero-order valence-electron chi connectivity index (χ0n) is 34.8. The van der Waals surface area contributed by atoms with Crippen LogP contribution in [0.4, 0.5) is 17.1 Å². The molecule has 0 N–H and O–H groups in total. The van der Waals surface area contributed by atoms with Crippen molar-refractivity contribution in [2.24, 2.45) is 0 Å². The average Bonchev–Trinajstić information content (AvgIpc) is 3.37. The fraction of sp³-hybridized carbons (Fsp3) is 0. The lowest BCUT2D eigenvalue weighted by Crippen LogP contribution is -2.11. The summed E-state index contributed by atoms with van der Waals surface area (Å²) in [6.07, 6.45) is 0. The maximum atomic E-state index is 2.44.